The molecule has 10 heteroatoms. The van der Waals surface area contributed by atoms with Gasteiger partial charge in [0.15, 0.2) is 5.69 Å². The number of benzene rings is 1. The molecule has 1 aliphatic heterocycles. The highest BCUT2D eigenvalue weighted by atomic mass is 16.2. The van der Waals surface area contributed by atoms with E-state index in [0.29, 0.717) is 46.5 Å². The Kier molecular flexibility index (Phi) is 6.34. The van der Waals surface area contributed by atoms with E-state index >= 15 is 0 Å². The van der Waals surface area contributed by atoms with Gasteiger partial charge in [-0.15, -0.1) is 0 Å². The molecule has 3 N–H and O–H groups in total. The highest BCUT2D eigenvalue weighted by molar-refractivity contribution is 6.04. The quantitative estimate of drug-likeness (QED) is 0.314. The average molecular weight is 493 g/mol. The Morgan fingerprint density at radius 1 is 1.16 bits per heavy atom. The first-order chi connectivity index (χ1) is 18.0. The van der Waals surface area contributed by atoms with E-state index in [2.05, 4.69) is 26.7 Å². The summed E-state index contributed by atoms with van der Waals surface area (Å²) in [4.78, 5) is 43.8. The Bertz CT molecular complexity index is 1550. The van der Waals surface area contributed by atoms with Crippen LogP contribution in [0, 0.1) is 6.57 Å². The molecule has 2 amide bonds. The van der Waals surface area contributed by atoms with Gasteiger partial charge in [0.25, 0.3) is 5.91 Å². The van der Waals surface area contributed by atoms with Gasteiger partial charge in [0.1, 0.15) is 28.7 Å². The van der Waals surface area contributed by atoms with Crippen LogP contribution in [-0.2, 0) is 4.79 Å². The van der Waals surface area contributed by atoms with Crippen molar-refractivity contribution < 1.29 is 9.59 Å². The highest BCUT2D eigenvalue weighted by Crippen LogP contribution is 2.36. The third-order valence-corrected chi connectivity index (χ3v) is 6.40. The second-order valence-electron chi connectivity index (χ2n) is 8.64. The molecule has 1 aliphatic rings. The molecule has 0 aliphatic carbocycles. The lowest BCUT2D eigenvalue weighted by molar-refractivity contribution is -0.129. The van der Waals surface area contributed by atoms with Crippen LogP contribution < -0.4 is 11.1 Å². The van der Waals surface area contributed by atoms with Crippen molar-refractivity contribution in [2.75, 3.05) is 17.6 Å². The van der Waals surface area contributed by atoms with E-state index in [1.54, 1.807) is 47.6 Å². The summed E-state index contributed by atoms with van der Waals surface area (Å²) >= 11 is 0. The van der Waals surface area contributed by atoms with Crippen molar-refractivity contribution in [2.45, 2.75) is 25.3 Å². The molecule has 1 aromatic carbocycles. The maximum absolute atomic E-state index is 12.7. The number of likely N-dealkylation sites (tertiary alicyclic amines) is 1. The van der Waals surface area contributed by atoms with Gasteiger partial charge in [0.05, 0.1) is 12.6 Å². The minimum absolute atomic E-state index is 0.128. The number of anilines is 2. The number of imidazole rings is 1. The largest absolute Gasteiger partial charge is 0.382 e. The predicted octanol–water partition coefficient (Wildman–Crippen LogP) is 4.42. The second kappa shape index (κ2) is 9.91. The number of aromatic nitrogens is 4. The van der Waals surface area contributed by atoms with Gasteiger partial charge in [-0.05, 0) is 49.6 Å². The molecular weight excluding hydrogens is 468 g/mol. The van der Waals surface area contributed by atoms with Crippen molar-refractivity contribution in [3.63, 3.8) is 0 Å². The Labute approximate surface area is 213 Å². The minimum atomic E-state index is -0.349. The lowest BCUT2D eigenvalue weighted by Crippen LogP contribution is -2.38. The Morgan fingerprint density at radius 3 is 2.73 bits per heavy atom. The second-order valence-corrected chi connectivity index (χ2v) is 8.64. The standard InChI is InChI=1S/C27H24N8O2/c1-3-22(36)34-14-5-4-6-20(34)26-33-23(24-25(28)31-13-15-35(24)26)17-7-9-18(10-8-17)27(37)32-21-16-19(29-2)11-12-30-21/h3,7-13,15-16,20H,1,4-6,14H2,(H2,28,31)(H,30,32,37)/t20-/m0/s1. The van der Waals surface area contributed by atoms with Crippen molar-refractivity contribution in [1.29, 1.82) is 0 Å². The Morgan fingerprint density at radius 2 is 1.97 bits per heavy atom. The Balaban J connectivity index is 1.49. The molecule has 184 valence electrons. The summed E-state index contributed by atoms with van der Waals surface area (Å²) in [6.07, 6.45) is 8.91. The third kappa shape index (κ3) is 4.50. The monoisotopic (exact) mass is 492 g/mol. The summed E-state index contributed by atoms with van der Waals surface area (Å²) in [5, 5.41) is 2.71. The number of fused-ring (bicyclic) bond motifs is 1. The zero-order valence-electron chi connectivity index (χ0n) is 20.0. The fourth-order valence-electron chi connectivity index (χ4n) is 4.63. The molecule has 0 bridgehead atoms. The number of nitrogens with zero attached hydrogens (tertiary/aromatic N) is 6. The van der Waals surface area contributed by atoms with E-state index in [1.807, 2.05) is 4.40 Å². The van der Waals surface area contributed by atoms with E-state index in [-0.39, 0.29) is 17.9 Å². The van der Waals surface area contributed by atoms with Crippen molar-refractivity contribution in [2.24, 2.45) is 0 Å². The summed E-state index contributed by atoms with van der Waals surface area (Å²) in [5.74, 6) is 0.857. The number of amides is 2. The van der Waals surface area contributed by atoms with Gasteiger partial charge in [-0.3, -0.25) is 14.0 Å². The molecule has 3 aromatic heterocycles. The molecule has 1 fully saturated rings. The van der Waals surface area contributed by atoms with Crippen molar-refractivity contribution in [3.8, 4) is 11.3 Å². The number of piperidine rings is 1. The molecule has 37 heavy (non-hydrogen) atoms. The molecule has 1 atom stereocenters. The highest BCUT2D eigenvalue weighted by Gasteiger charge is 2.31. The zero-order chi connectivity index (χ0) is 25.9. The number of nitrogens with two attached hydrogens (primary N) is 1. The molecule has 0 saturated carbocycles. The lowest BCUT2D eigenvalue weighted by atomic mass is 10.0. The number of hydrogen-bond donors (Lipinski definition) is 2. The summed E-state index contributed by atoms with van der Waals surface area (Å²) < 4.78 is 1.90. The molecule has 5 rings (SSSR count). The van der Waals surface area contributed by atoms with Crippen LogP contribution in [0.5, 0.6) is 0 Å². The Hall–Kier alpha value is -5.04. The number of hydrogen-bond acceptors (Lipinski definition) is 6. The van der Waals surface area contributed by atoms with E-state index in [9.17, 15) is 9.59 Å². The maximum Gasteiger partial charge on any atom is 0.256 e. The van der Waals surface area contributed by atoms with E-state index in [1.165, 1.54) is 18.3 Å². The maximum atomic E-state index is 12.7. The van der Waals surface area contributed by atoms with Crippen LogP contribution in [0.25, 0.3) is 21.6 Å². The van der Waals surface area contributed by atoms with Crippen LogP contribution in [0.4, 0.5) is 17.3 Å². The van der Waals surface area contributed by atoms with E-state index in [4.69, 9.17) is 17.3 Å². The van der Waals surface area contributed by atoms with Crippen LogP contribution in [-0.4, -0.2) is 42.6 Å². The summed E-state index contributed by atoms with van der Waals surface area (Å²) in [5.41, 5.74) is 9.12. The van der Waals surface area contributed by atoms with E-state index < -0.39 is 0 Å². The van der Waals surface area contributed by atoms with Gasteiger partial charge in [-0.1, -0.05) is 18.7 Å². The van der Waals surface area contributed by atoms with Crippen molar-refractivity contribution in [1.82, 2.24) is 24.3 Å². The smallest absolute Gasteiger partial charge is 0.256 e. The van der Waals surface area contributed by atoms with Gasteiger partial charge in [-0.2, -0.15) is 0 Å². The van der Waals surface area contributed by atoms with Crippen molar-refractivity contribution in [3.05, 3.63) is 90.4 Å². The fourth-order valence-corrected chi connectivity index (χ4v) is 4.63. The van der Waals surface area contributed by atoms with Crippen LogP contribution in [0.3, 0.4) is 0 Å². The number of carbonyl (C=O) groups excluding carboxylic acids is 2. The molecule has 0 radical (unpaired) electrons. The molecule has 10 nitrogen and oxygen atoms in total. The summed E-state index contributed by atoms with van der Waals surface area (Å²) in [7, 11) is 0. The number of rotatable bonds is 5. The van der Waals surface area contributed by atoms with Gasteiger partial charge in [0, 0.05) is 36.3 Å². The molecule has 4 aromatic rings. The predicted molar refractivity (Wildman–Crippen MR) is 140 cm³/mol. The van der Waals surface area contributed by atoms with Gasteiger partial charge in [0.2, 0.25) is 5.91 Å². The first-order valence-corrected chi connectivity index (χ1v) is 11.8. The zero-order valence-corrected chi connectivity index (χ0v) is 20.0. The molecular formula is C27H24N8O2. The normalized spacial score (nSPS) is 15.2. The van der Waals surface area contributed by atoms with Gasteiger partial charge < -0.3 is 16.0 Å². The van der Waals surface area contributed by atoms with E-state index in [0.717, 1.165) is 24.8 Å². The number of pyridine rings is 1. The number of nitrogen functional groups attached to an aromatic ring is 1. The van der Waals surface area contributed by atoms with Crippen molar-refractivity contribution >= 4 is 34.7 Å². The van der Waals surface area contributed by atoms with Crippen LogP contribution in [0.15, 0.2) is 67.6 Å². The SMILES string of the molecule is [C-]#[N+]c1ccnc(NC(=O)c2ccc(-c3nc([C@@H]4CCCCN4C(=O)C=C)n4ccnc(N)c34)cc2)c1. The number of carbonyl (C=O) groups is 2. The van der Waals surface area contributed by atoms with Gasteiger partial charge in [-0.25, -0.2) is 19.8 Å². The minimum Gasteiger partial charge on any atom is -0.382 e. The fraction of sp³-hybridized carbons (Fsp3) is 0.185. The molecule has 1 saturated heterocycles. The number of nitrogens with one attached hydrogen (secondary N) is 1. The third-order valence-electron chi connectivity index (χ3n) is 6.40. The first kappa shape index (κ1) is 23.7. The van der Waals surface area contributed by atoms with Crippen LogP contribution in [0.1, 0.15) is 41.5 Å². The summed E-state index contributed by atoms with van der Waals surface area (Å²) in [6.45, 7) is 11.4. The topological polar surface area (TPSA) is 123 Å². The first-order valence-electron chi connectivity index (χ1n) is 11.8. The van der Waals surface area contributed by atoms with Gasteiger partial charge >= 0.3 is 0 Å². The van der Waals surface area contributed by atoms with Crippen LogP contribution in [0.2, 0.25) is 0 Å². The molecule has 0 spiro atoms. The average Bonchev–Trinajstić information content (AvgIpc) is 3.33. The lowest BCUT2D eigenvalue weighted by Gasteiger charge is -2.34. The van der Waals surface area contributed by atoms with Crippen LogP contribution >= 0.6 is 0 Å². The molecule has 4 heterocycles. The summed E-state index contributed by atoms with van der Waals surface area (Å²) in [6, 6.07) is 9.84. The molecule has 0 unspecified atom stereocenters.